The van der Waals surface area contributed by atoms with Crippen molar-refractivity contribution in [3.8, 4) is 0 Å². The van der Waals surface area contributed by atoms with Gasteiger partial charge in [0.25, 0.3) is 5.91 Å². The number of hydrogen-bond acceptors (Lipinski definition) is 3. The van der Waals surface area contributed by atoms with Crippen molar-refractivity contribution in [2.75, 3.05) is 26.7 Å². The Morgan fingerprint density at radius 3 is 1.75 bits per heavy atom. The van der Waals surface area contributed by atoms with Crippen molar-refractivity contribution in [1.82, 2.24) is 4.90 Å². The normalized spacial score (nSPS) is 10.6. The number of ether oxygens (including phenoxy) is 2. The van der Waals surface area contributed by atoms with Crippen LogP contribution in [0.4, 0.5) is 0 Å². The lowest BCUT2D eigenvalue weighted by Gasteiger charge is -2.22. The van der Waals surface area contributed by atoms with Crippen LogP contribution in [0.3, 0.4) is 0 Å². The van der Waals surface area contributed by atoms with Gasteiger partial charge in [0, 0.05) is 18.8 Å². The minimum absolute atomic E-state index is 0.101. The molecule has 0 spiro atoms. The van der Waals surface area contributed by atoms with Crippen LogP contribution in [-0.2, 0) is 14.3 Å². The maximum absolute atomic E-state index is 11.9. The second-order valence-corrected chi connectivity index (χ2v) is 5.11. The SMILES string of the molecule is C=C(C)C(=O)N(COCCCCC)COCCCCC. The largest absolute Gasteiger partial charge is 0.361 e. The Kier molecular flexibility index (Phi) is 12.6. The first-order valence-corrected chi connectivity index (χ1v) is 7.73. The Labute approximate surface area is 124 Å². The minimum Gasteiger partial charge on any atom is -0.361 e. The highest BCUT2D eigenvalue weighted by molar-refractivity contribution is 5.91. The highest BCUT2D eigenvalue weighted by atomic mass is 16.5. The van der Waals surface area contributed by atoms with Crippen LogP contribution in [-0.4, -0.2) is 37.5 Å². The van der Waals surface area contributed by atoms with Gasteiger partial charge < -0.3 is 9.47 Å². The lowest BCUT2D eigenvalue weighted by Crippen LogP contribution is -2.35. The molecule has 20 heavy (non-hydrogen) atoms. The summed E-state index contributed by atoms with van der Waals surface area (Å²) in [5, 5.41) is 0. The lowest BCUT2D eigenvalue weighted by molar-refractivity contribution is -0.140. The first-order valence-electron chi connectivity index (χ1n) is 7.73. The molecule has 1 amide bonds. The summed E-state index contributed by atoms with van der Waals surface area (Å²) in [6, 6.07) is 0. The van der Waals surface area contributed by atoms with E-state index in [-0.39, 0.29) is 19.4 Å². The molecule has 0 aromatic carbocycles. The third-order valence-corrected chi connectivity index (χ3v) is 2.93. The lowest BCUT2D eigenvalue weighted by atomic mass is 10.3. The van der Waals surface area contributed by atoms with Crippen molar-refractivity contribution >= 4 is 5.91 Å². The molecular formula is C16H31NO3. The molecule has 4 heteroatoms. The van der Waals surface area contributed by atoms with Crippen LogP contribution < -0.4 is 0 Å². The summed E-state index contributed by atoms with van der Waals surface area (Å²) >= 11 is 0. The minimum atomic E-state index is -0.101. The Morgan fingerprint density at radius 1 is 0.950 bits per heavy atom. The second kappa shape index (κ2) is 13.1. The highest BCUT2D eigenvalue weighted by Crippen LogP contribution is 2.02. The zero-order valence-electron chi connectivity index (χ0n) is 13.5. The summed E-state index contributed by atoms with van der Waals surface area (Å²) in [6.07, 6.45) is 6.70. The molecule has 4 nitrogen and oxygen atoms in total. The number of carbonyl (C=O) groups excluding carboxylic acids is 1. The van der Waals surface area contributed by atoms with E-state index < -0.39 is 0 Å². The molecule has 118 valence electrons. The van der Waals surface area contributed by atoms with Crippen molar-refractivity contribution < 1.29 is 14.3 Å². The van der Waals surface area contributed by atoms with Crippen LogP contribution in [0.1, 0.15) is 59.3 Å². The molecule has 0 aliphatic heterocycles. The molecular weight excluding hydrogens is 254 g/mol. The first kappa shape index (κ1) is 19.1. The molecule has 0 radical (unpaired) electrons. The van der Waals surface area contributed by atoms with Gasteiger partial charge in [-0.3, -0.25) is 9.69 Å². The average Bonchev–Trinajstić information content (AvgIpc) is 2.43. The van der Waals surface area contributed by atoms with E-state index in [0.717, 1.165) is 38.5 Å². The van der Waals surface area contributed by atoms with Gasteiger partial charge in [-0.25, -0.2) is 0 Å². The van der Waals surface area contributed by atoms with Crippen molar-refractivity contribution in [2.24, 2.45) is 0 Å². The number of unbranched alkanes of at least 4 members (excludes halogenated alkanes) is 4. The summed E-state index contributed by atoms with van der Waals surface area (Å²) in [5.74, 6) is -0.101. The van der Waals surface area contributed by atoms with E-state index in [9.17, 15) is 4.79 Å². The topological polar surface area (TPSA) is 38.8 Å². The van der Waals surface area contributed by atoms with Gasteiger partial charge in [-0.1, -0.05) is 46.1 Å². The van der Waals surface area contributed by atoms with Crippen LogP contribution in [0.5, 0.6) is 0 Å². The van der Waals surface area contributed by atoms with Gasteiger partial charge in [-0.2, -0.15) is 0 Å². The van der Waals surface area contributed by atoms with Gasteiger partial charge in [0.05, 0.1) is 0 Å². The molecule has 0 saturated heterocycles. The second-order valence-electron chi connectivity index (χ2n) is 5.11. The smallest absolute Gasteiger partial charge is 0.252 e. The summed E-state index contributed by atoms with van der Waals surface area (Å²) < 4.78 is 11.1. The summed E-state index contributed by atoms with van der Waals surface area (Å²) in [7, 11) is 0. The maximum atomic E-state index is 11.9. The van der Waals surface area contributed by atoms with E-state index >= 15 is 0 Å². The van der Waals surface area contributed by atoms with E-state index in [1.54, 1.807) is 11.8 Å². The van der Waals surface area contributed by atoms with Crippen LogP contribution in [0.2, 0.25) is 0 Å². The number of nitrogens with zero attached hydrogens (tertiary/aromatic N) is 1. The zero-order valence-corrected chi connectivity index (χ0v) is 13.5. The molecule has 0 bridgehead atoms. The molecule has 0 aromatic rings. The van der Waals surface area contributed by atoms with Gasteiger partial charge >= 0.3 is 0 Å². The summed E-state index contributed by atoms with van der Waals surface area (Å²) in [5.41, 5.74) is 0.513. The molecule has 0 unspecified atom stereocenters. The predicted octanol–water partition coefficient (Wildman–Crippen LogP) is 3.72. The fourth-order valence-corrected chi connectivity index (χ4v) is 1.68. The van der Waals surface area contributed by atoms with E-state index in [4.69, 9.17) is 9.47 Å². The molecule has 0 aliphatic carbocycles. The number of amides is 1. The quantitative estimate of drug-likeness (QED) is 0.294. The van der Waals surface area contributed by atoms with Gasteiger partial charge in [0.1, 0.15) is 13.5 Å². The zero-order chi connectivity index (χ0) is 15.2. The molecule has 0 heterocycles. The van der Waals surface area contributed by atoms with Gasteiger partial charge in [-0.15, -0.1) is 0 Å². The van der Waals surface area contributed by atoms with Crippen LogP contribution in [0.15, 0.2) is 12.2 Å². The van der Waals surface area contributed by atoms with E-state index in [1.807, 2.05) is 0 Å². The van der Waals surface area contributed by atoms with Gasteiger partial charge in [0.2, 0.25) is 0 Å². The fraction of sp³-hybridized carbons (Fsp3) is 0.812. The van der Waals surface area contributed by atoms with Crippen molar-refractivity contribution in [1.29, 1.82) is 0 Å². The Morgan fingerprint density at radius 2 is 1.40 bits per heavy atom. The maximum Gasteiger partial charge on any atom is 0.252 e. The molecule has 0 atom stereocenters. The molecule has 0 aliphatic rings. The van der Waals surface area contributed by atoms with E-state index in [0.29, 0.717) is 18.8 Å². The summed E-state index contributed by atoms with van der Waals surface area (Å²) in [4.78, 5) is 13.5. The molecule has 0 fully saturated rings. The third-order valence-electron chi connectivity index (χ3n) is 2.93. The monoisotopic (exact) mass is 285 g/mol. The van der Waals surface area contributed by atoms with E-state index in [1.165, 1.54) is 0 Å². The number of hydrogen-bond donors (Lipinski definition) is 0. The molecule has 0 aromatic heterocycles. The molecule has 0 N–H and O–H groups in total. The van der Waals surface area contributed by atoms with Crippen molar-refractivity contribution in [3.05, 3.63) is 12.2 Å². The summed E-state index contributed by atoms with van der Waals surface area (Å²) in [6.45, 7) is 11.6. The fourth-order valence-electron chi connectivity index (χ4n) is 1.68. The van der Waals surface area contributed by atoms with Gasteiger partial charge in [-0.05, 0) is 19.8 Å². The van der Waals surface area contributed by atoms with Crippen LogP contribution >= 0.6 is 0 Å². The Bertz CT molecular complexity index is 252. The number of carbonyl (C=O) groups is 1. The Balaban J connectivity index is 3.95. The standard InChI is InChI=1S/C16H31NO3/c1-5-7-9-11-19-13-17(16(18)15(3)4)14-20-12-10-8-6-2/h3,5-14H2,1-2,4H3. The predicted molar refractivity (Wildman–Crippen MR) is 82.3 cm³/mol. The molecule has 0 saturated carbocycles. The van der Waals surface area contributed by atoms with Crippen molar-refractivity contribution in [3.63, 3.8) is 0 Å². The Hall–Kier alpha value is -0.870. The van der Waals surface area contributed by atoms with Gasteiger partial charge in [0.15, 0.2) is 0 Å². The van der Waals surface area contributed by atoms with E-state index in [2.05, 4.69) is 20.4 Å². The molecule has 0 rings (SSSR count). The average molecular weight is 285 g/mol. The van der Waals surface area contributed by atoms with Crippen LogP contribution in [0.25, 0.3) is 0 Å². The van der Waals surface area contributed by atoms with Crippen LogP contribution in [0, 0.1) is 0 Å². The van der Waals surface area contributed by atoms with Crippen molar-refractivity contribution in [2.45, 2.75) is 59.3 Å². The number of rotatable bonds is 13. The first-order chi connectivity index (χ1) is 9.63. The third kappa shape index (κ3) is 9.98. The highest BCUT2D eigenvalue weighted by Gasteiger charge is 2.14.